The number of likely N-dealkylation sites (N-methyl/N-ethyl adjacent to an activating group) is 1. The summed E-state index contributed by atoms with van der Waals surface area (Å²) in [7, 11) is 5.27. The van der Waals surface area contributed by atoms with Crippen LogP contribution in [0.5, 0.6) is 11.5 Å². The Bertz CT molecular complexity index is 1830. The monoisotopic (exact) mass is 738 g/mol. The molecule has 274 valence electrons. The number of aryl methyl sites for hydroxylation is 1. The van der Waals surface area contributed by atoms with Crippen LogP contribution in [0.2, 0.25) is 10.0 Å². The number of imidazole rings is 1. The summed E-state index contributed by atoms with van der Waals surface area (Å²) >= 11 is 13.5. The van der Waals surface area contributed by atoms with E-state index in [0.717, 1.165) is 88.3 Å². The predicted octanol–water partition coefficient (Wildman–Crippen LogP) is 5.05. The van der Waals surface area contributed by atoms with Crippen LogP contribution in [0.3, 0.4) is 0 Å². The van der Waals surface area contributed by atoms with Crippen molar-refractivity contribution in [3.05, 3.63) is 52.9 Å². The quantitative estimate of drug-likeness (QED) is 0.170. The first-order valence-electron chi connectivity index (χ1n) is 17.5. The van der Waals surface area contributed by atoms with E-state index in [-0.39, 0.29) is 11.9 Å². The second-order valence-electron chi connectivity index (χ2n) is 13.3. The van der Waals surface area contributed by atoms with E-state index in [9.17, 15) is 4.79 Å². The molecular weight excluding hydrogens is 691 g/mol. The molecule has 2 N–H and O–H groups in total. The Morgan fingerprint density at radius 3 is 2.29 bits per heavy atom. The van der Waals surface area contributed by atoms with Crippen molar-refractivity contribution in [3.8, 4) is 11.5 Å². The molecule has 0 saturated carbocycles. The van der Waals surface area contributed by atoms with Gasteiger partial charge in [-0.25, -0.2) is 9.97 Å². The van der Waals surface area contributed by atoms with Crippen molar-refractivity contribution in [1.29, 1.82) is 0 Å². The number of methoxy groups -OCH3 is 2. The zero-order valence-corrected chi connectivity index (χ0v) is 31.4. The van der Waals surface area contributed by atoms with Gasteiger partial charge in [0.2, 0.25) is 11.9 Å². The molecule has 1 atom stereocenters. The zero-order chi connectivity index (χ0) is 36.1. The standard InChI is InChI=1S/C36H48Cl2N10O3/c1-6-30(49)47-18-16-45(17-19-47)10-7-8-26-23-48-34-25(22-39-36(43-34)40-24(2)9-11-46-14-12-44(3)13-15-46)20-27(35(48)41-26)42-33-31(37)28(50-4)21-29(51-5)32(33)38/h6,20-24,42H,1,7-19H2,2-5H3,(H,39,40,43). The molecule has 4 aromatic rings. The largest absolute Gasteiger partial charge is 0.495 e. The third-order valence-electron chi connectivity index (χ3n) is 9.77. The molecule has 1 aromatic carbocycles. The van der Waals surface area contributed by atoms with Gasteiger partial charge < -0.3 is 34.8 Å². The third kappa shape index (κ3) is 8.61. The highest BCUT2D eigenvalue weighted by molar-refractivity contribution is 6.41. The Kier molecular flexibility index (Phi) is 12.0. The van der Waals surface area contributed by atoms with Gasteiger partial charge in [0, 0.05) is 88.8 Å². The number of benzene rings is 1. The van der Waals surface area contributed by atoms with Gasteiger partial charge in [0.05, 0.1) is 31.3 Å². The number of ether oxygens (including phenoxy) is 2. The second kappa shape index (κ2) is 16.6. The summed E-state index contributed by atoms with van der Waals surface area (Å²) in [4.78, 5) is 35.9. The minimum Gasteiger partial charge on any atom is -0.495 e. The summed E-state index contributed by atoms with van der Waals surface area (Å²) < 4.78 is 13.0. The minimum absolute atomic E-state index is 0.00626. The minimum atomic E-state index is -0.00626. The van der Waals surface area contributed by atoms with E-state index in [1.807, 2.05) is 27.8 Å². The molecule has 2 aliphatic heterocycles. The topological polar surface area (TPSA) is 116 Å². The van der Waals surface area contributed by atoms with Gasteiger partial charge in [0.1, 0.15) is 21.5 Å². The number of nitrogens with zero attached hydrogens (tertiary/aromatic N) is 8. The average molecular weight is 740 g/mol. The zero-order valence-electron chi connectivity index (χ0n) is 29.9. The number of pyridine rings is 1. The number of anilines is 3. The summed E-state index contributed by atoms with van der Waals surface area (Å²) in [6.45, 7) is 15.2. The molecule has 6 rings (SSSR count). The molecule has 0 aliphatic carbocycles. The molecule has 3 aromatic heterocycles. The van der Waals surface area contributed by atoms with Crippen LogP contribution in [0.15, 0.2) is 37.2 Å². The van der Waals surface area contributed by atoms with Gasteiger partial charge in [-0.05, 0) is 51.9 Å². The van der Waals surface area contributed by atoms with Crippen molar-refractivity contribution < 1.29 is 14.3 Å². The Hall–Kier alpha value is -3.88. The molecule has 13 nitrogen and oxygen atoms in total. The van der Waals surface area contributed by atoms with Gasteiger partial charge in [-0.15, -0.1) is 0 Å². The molecule has 5 heterocycles. The van der Waals surface area contributed by atoms with E-state index in [1.54, 1.807) is 20.3 Å². The molecule has 15 heteroatoms. The normalized spacial score (nSPS) is 16.8. The Morgan fingerprint density at radius 1 is 0.961 bits per heavy atom. The van der Waals surface area contributed by atoms with Crippen LogP contribution in [-0.2, 0) is 11.2 Å². The van der Waals surface area contributed by atoms with Crippen LogP contribution < -0.4 is 20.1 Å². The van der Waals surface area contributed by atoms with Crippen molar-refractivity contribution >= 4 is 63.1 Å². The number of carbonyl (C=O) groups is 1. The van der Waals surface area contributed by atoms with Crippen LogP contribution >= 0.6 is 23.2 Å². The fourth-order valence-electron chi connectivity index (χ4n) is 6.63. The summed E-state index contributed by atoms with van der Waals surface area (Å²) in [5.74, 6) is 1.42. The van der Waals surface area contributed by atoms with Crippen LogP contribution in [0, 0.1) is 0 Å². The summed E-state index contributed by atoms with van der Waals surface area (Å²) in [5.41, 5.74) is 3.47. The molecule has 2 aliphatic rings. The van der Waals surface area contributed by atoms with Crippen molar-refractivity contribution in [3.63, 3.8) is 0 Å². The molecular formula is C36H48Cl2N10O3. The number of rotatable bonds is 14. The lowest BCUT2D eigenvalue weighted by molar-refractivity contribution is -0.127. The number of halogens is 2. The molecule has 0 radical (unpaired) electrons. The number of hydrogen-bond donors (Lipinski definition) is 2. The summed E-state index contributed by atoms with van der Waals surface area (Å²) in [6.07, 6.45) is 7.93. The van der Waals surface area contributed by atoms with Gasteiger partial charge in [0.25, 0.3) is 0 Å². The SMILES string of the molecule is C=CC(=O)N1CCN(CCCc2cn3c(n2)c(Nc2c(Cl)c(OC)cc(OC)c2Cl)cc2cnc(NC(C)CCN4CCN(C)CC4)nc23)CC1. The Balaban J connectivity index is 1.25. The molecule has 2 saturated heterocycles. The first kappa shape index (κ1) is 36.9. The lowest BCUT2D eigenvalue weighted by Gasteiger charge is -2.34. The number of hydrogen-bond acceptors (Lipinski definition) is 11. The number of fused-ring (bicyclic) bond motifs is 3. The van der Waals surface area contributed by atoms with Crippen molar-refractivity contribution in [2.75, 3.05) is 97.3 Å². The van der Waals surface area contributed by atoms with Crippen molar-refractivity contribution in [2.24, 2.45) is 0 Å². The lowest BCUT2D eigenvalue weighted by atomic mass is 10.2. The first-order chi connectivity index (χ1) is 24.7. The van der Waals surface area contributed by atoms with E-state index in [2.05, 4.69) is 45.9 Å². The fourth-order valence-corrected chi connectivity index (χ4v) is 7.23. The van der Waals surface area contributed by atoms with E-state index >= 15 is 0 Å². The van der Waals surface area contributed by atoms with Gasteiger partial charge in [-0.1, -0.05) is 29.8 Å². The van der Waals surface area contributed by atoms with Crippen LogP contribution in [0.1, 0.15) is 25.5 Å². The van der Waals surface area contributed by atoms with E-state index in [1.165, 1.54) is 6.08 Å². The highest BCUT2D eigenvalue weighted by Crippen LogP contribution is 2.45. The van der Waals surface area contributed by atoms with Crippen LogP contribution in [0.4, 0.5) is 17.3 Å². The Morgan fingerprint density at radius 2 is 1.63 bits per heavy atom. The second-order valence-corrected chi connectivity index (χ2v) is 14.1. The maximum absolute atomic E-state index is 12.0. The number of nitrogens with one attached hydrogen (secondary N) is 2. The molecule has 2 fully saturated rings. The van der Waals surface area contributed by atoms with Crippen molar-refractivity contribution in [1.82, 2.24) is 39.0 Å². The highest BCUT2D eigenvalue weighted by Gasteiger charge is 2.22. The fraction of sp³-hybridized carbons (Fsp3) is 0.500. The number of carbonyl (C=O) groups excluding carboxylic acids is 1. The summed E-state index contributed by atoms with van der Waals surface area (Å²) in [5, 5.41) is 8.42. The molecule has 1 amide bonds. The molecule has 0 bridgehead atoms. The van der Waals surface area contributed by atoms with Gasteiger partial charge >= 0.3 is 0 Å². The van der Waals surface area contributed by atoms with Crippen molar-refractivity contribution in [2.45, 2.75) is 32.2 Å². The number of aromatic nitrogens is 4. The maximum atomic E-state index is 12.0. The number of piperazine rings is 2. The van der Waals surface area contributed by atoms with E-state index in [4.69, 9.17) is 47.6 Å². The van der Waals surface area contributed by atoms with Crippen LogP contribution in [0.25, 0.3) is 16.7 Å². The maximum Gasteiger partial charge on any atom is 0.246 e. The van der Waals surface area contributed by atoms with E-state index in [0.29, 0.717) is 57.6 Å². The van der Waals surface area contributed by atoms with E-state index < -0.39 is 0 Å². The first-order valence-corrected chi connectivity index (χ1v) is 18.3. The summed E-state index contributed by atoms with van der Waals surface area (Å²) in [6, 6.07) is 3.82. The lowest BCUT2D eigenvalue weighted by Crippen LogP contribution is -2.48. The van der Waals surface area contributed by atoms with Crippen LogP contribution in [-0.4, -0.2) is 138 Å². The molecule has 51 heavy (non-hydrogen) atoms. The molecule has 1 unspecified atom stereocenters. The smallest absolute Gasteiger partial charge is 0.246 e. The molecule has 0 spiro atoms. The highest BCUT2D eigenvalue weighted by atomic mass is 35.5. The van der Waals surface area contributed by atoms with Gasteiger partial charge in [0.15, 0.2) is 11.3 Å². The van der Waals surface area contributed by atoms with Gasteiger partial charge in [-0.3, -0.25) is 14.1 Å². The third-order valence-corrected chi connectivity index (χ3v) is 10.5. The number of amides is 1. The van der Waals surface area contributed by atoms with Gasteiger partial charge in [-0.2, -0.15) is 4.98 Å². The average Bonchev–Trinajstić information content (AvgIpc) is 3.58. The Labute approximate surface area is 309 Å². The predicted molar refractivity (Wildman–Crippen MR) is 204 cm³/mol.